The lowest BCUT2D eigenvalue weighted by atomic mass is 10.1. The summed E-state index contributed by atoms with van der Waals surface area (Å²) >= 11 is 0. The Balaban J connectivity index is 1.59. The van der Waals surface area contributed by atoms with Gasteiger partial charge in [0.2, 0.25) is 10.0 Å². The first kappa shape index (κ1) is 15.3. The molecular weight excluding hydrogens is 260 g/mol. The second kappa shape index (κ2) is 7.60. The average molecular weight is 288 g/mol. The van der Waals surface area contributed by atoms with Crippen molar-refractivity contribution in [3.05, 3.63) is 0 Å². The van der Waals surface area contributed by atoms with E-state index >= 15 is 0 Å². The highest BCUT2D eigenvalue weighted by molar-refractivity contribution is 7.89. The largest absolute Gasteiger partial charge is 0.314 e. The van der Waals surface area contributed by atoms with Crippen molar-refractivity contribution in [2.24, 2.45) is 0 Å². The van der Waals surface area contributed by atoms with Crippen LogP contribution < -0.4 is 10.0 Å². The summed E-state index contributed by atoms with van der Waals surface area (Å²) in [5.74, 6) is 0.288. The molecule has 0 spiro atoms. The van der Waals surface area contributed by atoms with Crippen LogP contribution in [0.25, 0.3) is 0 Å². The molecule has 0 aromatic rings. The topological polar surface area (TPSA) is 58.2 Å². The fourth-order valence-corrected chi connectivity index (χ4v) is 4.17. The molecule has 0 aromatic heterocycles. The minimum absolute atomic E-state index is 0.192. The van der Waals surface area contributed by atoms with E-state index in [0.29, 0.717) is 0 Å². The zero-order chi connectivity index (χ0) is 13.6. The first-order valence-electron chi connectivity index (χ1n) is 7.89. The van der Waals surface area contributed by atoms with Crippen LogP contribution in [0.2, 0.25) is 0 Å². The van der Waals surface area contributed by atoms with E-state index in [1.165, 1.54) is 38.5 Å². The summed E-state index contributed by atoms with van der Waals surface area (Å²) in [6, 6.07) is 0.915. The highest BCUT2D eigenvalue weighted by atomic mass is 32.2. The van der Waals surface area contributed by atoms with Gasteiger partial charge < -0.3 is 5.32 Å². The van der Waals surface area contributed by atoms with Crippen molar-refractivity contribution >= 4 is 10.0 Å². The molecule has 112 valence electrons. The Hall–Kier alpha value is -0.130. The van der Waals surface area contributed by atoms with Crippen LogP contribution in [0.4, 0.5) is 0 Å². The van der Waals surface area contributed by atoms with E-state index in [4.69, 9.17) is 0 Å². The smallest absolute Gasteiger partial charge is 0.211 e. The van der Waals surface area contributed by atoms with Gasteiger partial charge in [0.1, 0.15) is 0 Å². The molecule has 2 saturated carbocycles. The molecule has 0 radical (unpaired) electrons. The fourth-order valence-electron chi connectivity index (χ4n) is 2.72. The Labute approximate surface area is 117 Å². The van der Waals surface area contributed by atoms with Crippen LogP contribution in [0.1, 0.15) is 64.2 Å². The molecular formula is C14H28N2O2S. The molecule has 19 heavy (non-hydrogen) atoms. The predicted octanol–water partition coefficient (Wildman–Crippen LogP) is 2.16. The standard InChI is InChI=1S/C14H28N2O2S/c17-19(18,12-6-5-11-15-13-9-10-13)16-14-7-3-1-2-4-8-14/h13-16H,1-12H2. The van der Waals surface area contributed by atoms with Gasteiger partial charge in [-0.05, 0) is 45.1 Å². The molecule has 0 heterocycles. The molecule has 5 heteroatoms. The fraction of sp³-hybridized carbons (Fsp3) is 1.00. The predicted molar refractivity (Wildman–Crippen MR) is 78.7 cm³/mol. The normalized spacial score (nSPS) is 22.3. The van der Waals surface area contributed by atoms with E-state index in [9.17, 15) is 8.42 Å². The van der Waals surface area contributed by atoms with Gasteiger partial charge in [0.05, 0.1) is 5.75 Å². The molecule has 2 aliphatic carbocycles. The summed E-state index contributed by atoms with van der Waals surface area (Å²) < 4.78 is 26.9. The summed E-state index contributed by atoms with van der Waals surface area (Å²) in [6.45, 7) is 0.962. The number of unbranched alkanes of at least 4 members (excludes halogenated alkanes) is 1. The van der Waals surface area contributed by atoms with Crippen LogP contribution in [0.5, 0.6) is 0 Å². The van der Waals surface area contributed by atoms with Crippen molar-refractivity contribution in [2.75, 3.05) is 12.3 Å². The van der Waals surface area contributed by atoms with Crippen molar-refractivity contribution in [1.29, 1.82) is 0 Å². The SMILES string of the molecule is O=S(=O)(CCCCNC1CC1)NC1CCCCCC1. The van der Waals surface area contributed by atoms with Crippen molar-refractivity contribution in [3.8, 4) is 0 Å². The van der Waals surface area contributed by atoms with Crippen molar-refractivity contribution in [3.63, 3.8) is 0 Å². The summed E-state index contributed by atoms with van der Waals surface area (Å²) in [4.78, 5) is 0. The van der Waals surface area contributed by atoms with E-state index in [1.54, 1.807) is 0 Å². The van der Waals surface area contributed by atoms with Gasteiger partial charge in [0, 0.05) is 12.1 Å². The summed E-state index contributed by atoms with van der Waals surface area (Å²) in [5, 5.41) is 3.42. The van der Waals surface area contributed by atoms with E-state index in [0.717, 1.165) is 38.3 Å². The maximum absolute atomic E-state index is 12.0. The van der Waals surface area contributed by atoms with Gasteiger partial charge in [-0.25, -0.2) is 13.1 Å². The number of sulfonamides is 1. The molecule has 0 saturated heterocycles. The van der Waals surface area contributed by atoms with Gasteiger partial charge >= 0.3 is 0 Å². The molecule has 0 amide bonds. The summed E-state index contributed by atoms with van der Waals surface area (Å²) in [5.41, 5.74) is 0. The van der Waals surface area contributed by atoms with E-state index in [-0.39, 0.29) is 11.8 Å². The lowest BCUT2D eigenvalue weighted by Gasteiger charge is -2.16. The molecule has 0 bridgehead atoms. The van der Waals surface area contributed by atoms with Crippen molar-refractivity contribution in [1.82, 2.24) is 10.0 Å². The number of hydrogen-bond donors (Lipinski definition) is 2. The Kier molecular flexibility index (Phi) is 6.10. The monoisotopic (exact) mass is 288 g/mol. The minimum Gasteiger partial charge on any atom is -0.314 e. The quantitative estimate of drug-likeness (QED) is 0.531. The van der Waals surface area contributed by atoms with Crippen LogP contribution in [-0.2, 0) is 10.0 Å². The minimum atomic E-state index is -3.06. The zero-order valence-corrected chi connectivity index (χ0v) is 12.7. The molecule has 0 aromatic carbocycles. The molecule has 4 nitrogen and oxygen atoms in total. The first-order valence-corrected chi connectivity index (χ1v) is 9.54. The Morgan fingerprint density at radius 1 is 0.842 bits per heavy atom. The molecule has 0 aliphatic heterocycles. The molecule has 0 atom stereocenters. The Morgan fingerprint density at radius 2 is 1.53 bits per heavy atom. The van der Waals surface area contributed by atoms with Crippen LogP contribution in [0.15, 0.2) is 0 Å². The van der Waals surface area contributed by atoms with Crippen LogP contribution >= 0.6 is 0 Å². The highest BCUT2D eigenvalue weighted by Crippen LogP contribution is 2.19. The highest BCUT2D eigenvalue weighted by Gasteiger charge is 2.20. The molecule has 2 fully saturated rings. The lowest BCUT2D eigenvalue weighted by Crippen LogP contribution is -2.36. The van der Waals surface area contributed by atoms with Gasteiger partial charge in [0.25, 0.3) is 0 Å². The second-order valence-electron chi connectivity index (χ2n) is 6.06. The molecule has 0 unspecified atom stereocenters. The Morgan fingerprint density at radius 3 is 2.16 bits per heavy atom. The zero-order valence-electron chi connectivity index (χ0n) is 11.9. The number of rotatable bonds is 8. The maximum atomic E-state index is 12.0. The third kappa shape index (κ3) is 6.72. The Bertz CT molecular complexity index is 344. The van der Waals surface area contributed by atoms with Gasteiger partial charge in [-0.3, -0.25) is 0 Å². The van der Waals surface area contributed by atoms with Crippen LogP contribution in [0, 0.1) is 0 Å². The van der Waals surface area contributed by atoms with Gasteiger partial charge in [-0.2, -0.15) is 0 Å². The lowest BCUT2D eigenvalue weighted by molar-refractivity contribution is 0.507. The van der Waals surface area contributed by atoms with Crippen molar-refractivity contribution in [2.45, 2.75) is 76.3 Å². The van der Waals surface area contributed by atoms with Gasteiger partial charge in [-0.1, -0.05) is 25.7 Å². The molecule has 2 rings (SSSR count). The number of hydrogen-bond acceptors (Lipinski definition) is 3. The van der Waals surface area contributed by atoms with Crippen LogP contribution in [0.3, 0.4) is 0 Å². The third-order valence-corrected chi connectivity index (χ3v) is 5.57. The van der Waals surface area contributed by atoms with Gasteiger partial charge in [-0.15, -0.1) is 0 Å². The summed E-state index contributed by atoms with van der Waals surface area (Å²) in [6.07, 6.45) is 11.2. The van der Waals surface area contributed by atoms with E-state index in [1.807, 2.05) is 0 Å². The molecule has 2 aliphatic rings. The van der Waals surface area contributed by atoms with Crippen molar-refractivity contribution < 1.29 is 8.42 Å². The maximum Gasteiger partial charge on any atom is 0.211 e. The van der Waals surface area contributed by atoms with Gasteiger partial charge in [0.15, 0.2) is 0 Å². The first-order chi connectivity index (χ1) is 9.16. The average Bonchev–Trinajstić information content (AvgIpc) is 3.15. The second-order valence-corrected chi connectivity index (χ2v) is 7.93. The van der Waals surface area contributed by atoms with Crippen LogP contribution in [-0.4, -0.2) is 32.8 Å². The van der Waals surface area contributed by atoms with E-state index in [2.05, 4.69) is 10.0 Å². The molecule has 2 N–H and O–H groups in total. The number of nitrogens with one attached hydrogen (secondary N) is 2. The summed E-state index contributed by atoms with van der Waals surface area (Å²) in [7, 11) is -3.06. The third-order valence-electron chi connectivity index (χ3n) is 4.05. The van der Waals surface area contributed by atoms with E-state index < -0.39 is 10.0 Å².